The van der Waals surface area contributed by atoms with E-state index >= 15 is 0 Å². The van der Waals surface area contributed by atoms with Gasteiger partial charge in [-0.05, 0) is 66.3 Å². The molecule has 3 aromatic rings. The molecule has 0 aliphatic carbocycles. The molecule has 5 heteroatoms. The molecule has 0 aliphatic rings. The Balaban J connectivity index is 1.64. The summed E-state index contributed by atoms with van der Waals surface area (Å²) in [5.74, 6) is -0.427. The van der Waals surface area contributed by atoms with Crippen molar-refractivity contribution < 1.29 is 19.4 Å². The summed E-state index contributed by atoms with van der Waals surface area (Å²) in [7, 11) is 0. The number of benzene rings is 3. The third-order valence-electron chi connectivity index (χ3n) is 5.34. The second kappa shape index (κ2) is 9.94. The third-order valence-corrected chi connectivity index (χ3v) is 5.34. The van der Waals surface area contributed by atoms with Crippen molar-refractivity contribution in [2.24, 2.45) is 0 Å². The lowest BCUT2D eigenvalue weighted by Gasteiger charge is -2.18. The highest BCUT2D eigenvalue weighted by Crippen LogP contribution is 2.27. The lowest BCUT2D eigenvalue weighted by atomic mass is 9.97. The number of carbonyl (C=O) groups is 2. The first-order valence-electron chi connectivity index (χ1n) is 10.4. The summed E-state index contributed by atoms with van der Waals surface area (Å²) >= 11 is 0. The number of hydrogen-bond donors (Lipinski definition) is 2. The van der Waals surface area contributed by atoms with Crippen molar-refractivity contribution in [2.45, 2.75) is 39.2 Å². The van der Waals surface area contributed by atoms with Crippen LogP contribution in [-0.4, -0.2) is 23.1 Å². The third kappa shape index (κ3) is 5.51. The predicted molar refractivity (Wildman–Crippen MR) is 122 cm³/mol. The zero-order valence-electron chi connectivity index (χ0n) is 18.0. The first-order chi connectivity index (χ1) is 14.9. The van der Waals surface area contributed by atoms with Crippen molar-refractivity contribution in [3.63, 3.8) is 0 Å². The van der Waals surface area contributed by atoms with Crippen molar-refractivity contribution in [3.05, 3.63) is 83.9 Å². The van der Waals surface area contributed by atoms with E-state index < -0.39 is 12.1 Å². The topological polar surface area (TPSA) is 75.6 Å². The molecule has 0 spiro atoms. The number of hydrogen-bond acceptors (Lipinski definition) is 4. The van der Waals surface area contributed by atoms with Gasteiger partial charge in [0.15, 0.2) is 6.10 Å². The minimum absolute atomic E-state index is 0.197. The quantitative estimate of drug-likeness (QED) is 0.480. The van der Waals surface area contributed by atoms with Gasteiger partial charge in [-0.15, -0.1) is 0 Å². The van der Waals surface area contributed by atoms with E-state index in [0.29, 0.717) is 11.5 Å². The van der Waals surface area contributed by atoms with E-state index in [4.69, 9.17) is 4.74 Å². The van der Waals surface area contributed by atoms with E-state index in [1.165, 1.54) is 0 Å². The lowest BCUT2D eigenvalue weighted by molar-refractivity contribution is -0.123. The summed E-state index contributed by atoms with van der Waals surface area (Å²) in [6, 6.07) is 21.4. The molecule has 3 rings (SSSR count). The predicted octanol–water partition coefficient (Wildman–Crippen LogP) is 5.76. The van der Waals surface area contributed by atoms with Gasteiger partial charge in [-0.2, -0.15) is 0 Å². The average Bonchev–Trinajstić information content (AvgIpc) is 2.79. The van der Waals surface area contributed by atoms with E-state index in [2.05, 4.69) is 19.2 Å². The maximum Gasteiger partial charge on any atom is 0.338 e. The number of aromatic hydroxyl groups is 1. The minimum atomic E-state index is -0.936. The summed E-state index contributed by atoms with van der Waals surface area (Å²) in [5, 5.41) is 12.3. The molecule has 0 fully saturated rings. The van der Waals surface area contributed by atoms with Gasteiger partial charge in [0.25, 0.3) is 5.91 Å². The molecule has 0 aromatic heterocycles. The second-order valence-electron chi connectivity index (χ2n) is 7.56. The van der Waals surface area contributed by atoms with Crippen LogP contribution in [0.15, 0.2) is 72.8 Å². The fourth-order valence-corrected chi connectivity index (χ4v) is 3.23. The van der Waals surface area contributed by atoms with Crippen LogP contribution in [0.25, 0.3) is 11.1 Å². The van der Waals surface area contributed by atoms with E-state index in [-0.39, 0.29) is 11.7 Å². The van der Waals surface area contributed by atoms with Crippen LogP contribution in [0.2, 0.25) is 0 Å². The van der Waals surface area contributed by atoms with Crippen molar-refractivity contribution >= 4 is 17.6 Å². The Kier molecular flexibility index (Phi) is 7.08. The molecule has 160 valence electrons. The van der Waals surface area contributed by atoms with E-state index in [1.807, 2.05) is 24.3 Å². The van der Waals surface area contributed by atoms with E-state index in [9.17, 15) is 14.7 Å². The van der Waals surface area contributed by atoms with Crippen LogP contribution in [0.5, 0.6) is 5.75 Å². The number of carbonyl (C=O) groups excluding carboxylic acids is 2. The highest BCUT2D eigenvalue weighted by molar-refractivity contribution is 5.98. The Morgan fingerprint density at radius 1 is 0.903 bits per heavy atom. The molecular formula is C26H27NO4. The Morgan fingerprint density at radius 2 is 1.48 bits per heavy atom. The molecule has 2 atom stereocenters. The number of phenols is 1. The highest BCUT2D eigenvalue weighted by Gasteiger charge is 2.20. The van der Waals surface area contributed by atoms with Gasteiger partial charge in [0.2, 0.25) is 0 Å². The minimum Gasteiger partial charge on any atom is -0.508 e. The Hall–Kier alpha value is -3.60. The summed E-state index contributed by atoms with van der Waals surface area (Å²) in [5.41, 5.74) is 3.99. The smallest absolute Gasteiger partial charge is 0.338 e. The number of amides is 1. The van der Waals surface area contributed by atoms with Crippen LogP contribution in [0.4, 0.5) is 5.69 Å². The summed E-state index contributed by atoms with van der Waals surface area (Å²) in [4.78, 5) is 25.1. The number of anilines is 1. The molecule has 0 radical (unpaired) electrons. The number of phenolic OH excluding ortho intramolecular Hbond substituents is 1. The summed E-state index contributed by atoms with van der Waals surface area (Å²) < 4.78 is 5.37. The molecule has 0 saturated carbocycles. The van der Waals surface area contributed by atoms with Crippen molar-refractivity contribution in [3.8, 4) is 16.9 Å². The zero-order chi connectivity index (χ0) is 22.4. The van der Waals surface area contributed by atoms with Crippen molar-refractivity contribution in [2.75, 3.05) is 5.32 Å². The van der Waals surface area contributed by atoms with Crippen LogP contribution in [0, 0.1) is 0 Å². The van der Waals surface area contributed by atoms with Gasteiger partial charge in [-0.3, -0.25) is 4.79 Å². The van der Waals surface area contributed by atoms with Gasteiger partial charge < -0.3 is 15.2 Å². The molecule has 3 aromatic carbocycles. The van der Waals surface area contributed by atoms with Crippen LogP contribution in [0.3, 0.4) is 0 Å². The van der Waals surface area contributed by atoms with Crippen LogP contribution in [0.1, 0.15) is 49.0 Å². The first kappa shape index (κ1) is 22.1. The Bertz CT molecular complexity index is 1040. The van der Waals surface area contributed by atoms with E-state index in [0.717, 1.165) is 28.8 Å². The van der Waals surface area contributed by atoms with Crippen LogP contribution < -0.4 is 5.32 Å². The number of rotatable bonds is 7. The molecule has 5 nitrogen and oxygen atoms in total. The number of esters is 1. The second-order valence-corrected chi connectivity index (χ2v) is 7.56. The van der Waals surface area contributed by atoms with Gasteiger partial charge in [0, 0.05) is 5.69 Å². The SMILES string of the molecule is CC[C@H](C)c1ccccc1NC(=O)[C@@H](C)OC(=O)c1ccc(-c2ccc(O)cc2)cc1. The Labute approximate surface area is 182 Å². The maximum atomic E-state index is 12.6. The summed E-state index contributed by atoms with van der Waals surface area (Å²) in [6.07, 6.45) is 0.0200. The molecule has 2 N–H and O–H groups in total. The van der Waals surface area contributed by atoms with Gasteiger partial charge >= 0.3 is 5.97 Å². The fraction of sp³-hybridized carbons (Fsp3) is 0.231. The normalized spacial score (nSPS) is 12.6. The van der Waals surface area contributed by atoms with E-state index in [1.54, 1.807) is 55.5 Å². The average molecular weight is 418 g/mol. The molecule has 0 bridgehead atoms. The maximum absolute atomic E-state index is 12.6. The number of ether oxygens (including phenoxy) is 1. The number of nitrogens with one attached hydrogen (secondary N) is 1. The highest BCUT2D eigenvalue weighted by atomic mass is 16.5. The molecule has 0 aliphatic heterocycles. The fourth-order valence-electron chi connectivity index (χ4n) is 3.23. The Morgan fingerprint density at radius 3 is 2.10 bits per heavy atom. The lowest BCUT2D eigenvalue weighted by Crippen LogP contribution is -2.30. The first-order valence-corrected chi connectivity index (χ1v) is 10.4. The van der Waals surface area contributed by atoms with Gasteiger partial charge in [0.1, 0.15) is 5.75 Å². The standard InChI is InChI=1S/C26H27NO4/c1-4-17(2)23-7-5-6-8-24(23)27-25(29)18(3)31-26(30)21-11-9-19(10-12-21)20-13-15-22(28)16-14-20/h5-18,28H,4H2,1-3H3,(H,27,29)/t17-,18+/m0/s1. The van der Waals surface area contributed by atoms with Gasteiger partial charge in [-0.1, -0.05) is 56.3 Å². The van der Waals surface area contributed by atoms with Crippen molar-refractivity contribution in [1.29, 1.82) is 0 Å². The van der Waals surface area contributed by atoms with Crippen molar-refractivity contribution in [1.82, 2.24) is 0 Å². The summed E-state index contributed by atoms with van der Waals surface area (Å²) in [6.45, 7) is 5.76. The van der Waals surface area contributed by atoms with Crippen LogP contribution >= 0.6 is 0 Å². The molecule has 0 saturated heterocycles. The zero-order valence-corrected chi connectivity index (χ0v) is 18.0. The molecule has 1 amide bonds. The monoisotopic (exact) mass is 417 g/mol. The van der Waals surface area contributed by atoms with Gasteiger partial charge in [0.05, 0.1) is 5.56 Å². The molecule has 31 heavy (non-hydrogen) atoms. The largest absolute Gasteiger partial charge is 0.508 e. The molecular weight excluding hydrogens is 390 g/mol. The number of para-hydroxylation sites is 1. The molecule has 0 heterocycles. The molecule has 0 unspecified atom stereocenters. The van der Waals surface area contributed by atoms with Crippen LogP contribution in [-0.2, 0) is 9.53 Å². The van der Waals surface area contributed by atoms with Gasteiger partial charge in [-0.25, -0.2) is 4.79 Å².